The van der Waals surface area contributed by atoms with Crippen molar-refractivity contribution in [1.82, 2.24) is 0 Å². The van der Waals surface area contributed by atoms with Gasteiger partial charge in [-0.25, -0.2) is 0 Å². The molecule has 4 nitrogen and oxygen atoms in total. The summed E-state index contributed by atoms with van der Waals surface area (Å²) in [5.41, 5.74) is 6.96. The van der Waals surface area contributed by atoms with Crippen LogP contribution in [0.5, 0.6) is 5.75 Å². The summed E-state index contributed by atoms with van der Waals surface area (Å²) in [6.07, 6.45) is 0. The van der Waals surface area contributed by atoms with Crippen LogP contribution in [-0.2, 0) is 4.79 Å². The van der Waals surface area contributed by atoms with Crippen LogP contribution in [0.4, 0.5) is 0 Å². The molecular weight excluding hydrogens is 182 g/mol. The molecule has 0 amide bonds. The van der Waals surface area contributed by atoms with Crippen molar-refractivity contribution in [3.63, 3.8) is 0 Å². The number of carboxylic acids is 1. The summed E-state index contributed by atoms with van der Waals surface area (Å²) < 4.78 is 5.03. The van der Waals surface area contributed by atoms with Gasteiger partial charge in [0.2, 0.25) is 0 Å². The minimum Gasteiger partial charge on any atom is -0.496 e. The predicted octanol–water partition coefficient (Wildman–Crippen LogP) is 1.09. The van der Waals surface area contributed by atoms with Gasteiger partial charge in [-0.05, 0) is 13.0 Å². The quantitative estimate of drug-likeness (QED) is 0.757. The first-order chi connectivity index (χ1) is 6.56. The Balaban J connectivity index is 3.16. The summed E-state index contributed by atoms with van der Waals surface area (Å²) in [6, 6.07) is 4.24. The van der Waals surface area contributed by atoms with E-state index in [0.717, 1.165) is 5.56 Å². The number of nitrogens with two attached hydrogens (primary N) is 1. The van der Waals surface area contributed by atoms with Gasteiger partial charge in [0.15, 0.2) is 0 Å². The van der Waals surface area contributed by atoms with Gasteiger partial charge in [0, 0.05) is 5.56 Å². The molecule has 1 rings (SSSR count). The molecule has 0 spiro atoms. The molecule has 0 aliphatic heterocycles. The molecule has 0 heterocycles. The highest BCUT2D eigenvalue weighted by molar-refractivity contribution is 5.76. The first-order valence-corrected chi connectivity index (χ1v) is 4.19. The van der Waals surface area contributed by atoms with Crippen molar-refractivity contribution in [3.8, 4) is 5.75 Å². The second-order valence-electron chi connectivity index (χ2n) is 3.06. The highest BCUT2D eigenvalue weighted by Gasteiger charge is 2.18. The van der Waals surface area contributed by atoms with E-state index in [9.17, 15) is 4.79 Å². The van der Waals surface area contributed by atoms with E-state index < -0.39 is 12.0 Å². The van der Waals surface area contributed by atoms with E-state index in [1.165, 1.54) is 7.11 Å². The SMILES string of the molecule is COc1ccc(C)cc1[C@H](N)C(=O)O. The smallest absolute Gasteiger partial charge is 0.325 e. The first kappa shape index (κ1) is 10.5. The van der Waals surface area contributed by atoms with Crippen LogP contribution in [0.2, 0.25) is 0 Å². The lowest BCUT2D eigenvalue weighted by Gasteiger charge is -2.12. The van der Waals surface area contributed by atoms with E-state index in [4.69, 9.17) is 15.6 Å². The highest BCUT2D eigenvalue weighted by atomic mass is 16.5. The van der Waals surface area contributed by atoms with Crippen LogP contribution in [-0.4, -0.2) is 18.2 Å². The summed E-state index contributed by atoms with van der Waals surface area (Å²) >= 11 is 0. The lowest BCUT2D eigenvalue weighted by atomic mass is 10.0. The maximum Gasteiger partial charge on any atom is 0.325 e. The molecule has 0 saturated heterocycles. The Labute approximate surface area is 82.3 Å². The number of aryl methyl sites for hydroxylation is 1. The number of carbonyl (C=O) groups is 1. The Hall–Kier alpha value is -1.55. The maximum absolute atomic E-state index is 10.7. The third-order valence-corrected chi connectivity index (χ3v) is 1.99. The Bertz CT molecular complexity index is 349. The number of methoxy groups -OCH3 is 1. The topological polar surface area (TPSA) is 72.5 Å². The van der Waals surface area contributed by atoms with Crippen LogP contribution in [0.15, 0.2) is 18.2 Å². The van der Waals surface area contributed by atoms with Gasteiger partial charge in [-0.15, -0.1) is 0 Å². The minimum atomic E-state index is -1.06. The summed E-state index contributed by atoms with van der Waals surface area (Å²) in [5, 5.41) is 8.77. The molecule has 1 aromatic carbocycles. The van der Waals surface area contributed by atoms with Crippen molar-refractivity contribution in [2.24, 2.45) is 5.73 Å². The number of rotatable bonds is 3. The number of benzene rings is 1. The number of carboxylic acid groups (broad SMARTS) is 1. The maximum atomic E-state index is 10.7. The fourth-order valence-electron chi connectivity index (χ4n) is 1.23. The van der Waals surface area contributed by atoms with Gasteiger partial charge in [0.05, 0.1) is 7.11 Å². The number of hydrogen-bond acceptors (Lipinski definition) is 3. The largest absolute Gasteiger partial charge is 0.496 e. The van der Waals surface area contributed by atoms with Crippen LogP contribution in [0.1, 0.15) is 17.2 Å². The second-order valence-corrected chi connectivity index (χ2v) is 3.06. The van der Waals surface area contributed by atoms with Crippen molar-refractivity contribution in [2.75, 3.05) is 7.11 Å². The summed E-state index contributed by atoms with van der Waals surface area (Å²) in [6.45, 7) is 1.87. The van der Waals surface area contributed by atoms with Gasteiger partial charge in [-0.3, -0.25) is 4.79 Å². The van der Waals surface area contributed by atoms with Gasteiger partial charge in [0.1, 0.15) is 11.8 Å². The molecule has 76 valence electrons. The predicted molar refractivity (Wildman–Crippen MR) is 52.3 cm³/mol. The van der Waals surface area contributed by atoms with Crippen molar-refractivity contribution >= 4 is 5.97 Å². The molecule has 0 radical (unpaired) electrons. The fourth-order valence-corrected chi connectivity index (χ4v) is 1.23. The molecule has 3 N–H and O–H groups in total. The van der Waals surface area contributed by atoms with Crippen molar-refractivity contribution < 1.29 is 14.6 Å². The zero-order chi connectivity index (χ0) is 10.7. The van der Waals surface area contributed by atoms with Gasteiger partial charge < -0.3 is 15.6 Å². The van der Waals surface area contributed by atoms with E-state index in [-0.39, 0.29) is 0 Å². The van der Waals surface area contributed by atoms with Gasteiger partial charge in [-0.1, -0.05) is 17.7 Å². The Morgan fingerprint density at radius 3 is 2.71 bits per heavy atom. The molecule has 0 aromatic heterocycles. The standard InChI is InChI=1S/C10H13NO3/c1-6-3-4-8(14-2)7(5-6)9(11)10(12)13/h3-5,9H,11H2,1-2H3,(H,12,13)/t9-/m0/s1. The van der Waals surface area contributed by atoms with Crippen molar-refractivity contribution in [3.05, 3.63) is 29.3 Å². The third kappa shape index (κ3) is 2.03. The molecule has 0 fully saturated rings. The molecule has 0 saturated carbocycles. The summed E-state index contributed by atoms with van der Waals surface area (Å²) in [4.78, 5) is 10.7. The number of ether oxygens (including phenoxy) is 1. The molecule has 1 atom stereocenters. The zero-order valence-electron chi connectivity index (χ0n) is 8.15. The molecule has 4 heteroatoms. The average Bonchev–Trinajstić information content (AvgIpc) is 2.16. The van der Waals surface area contributed by atoms with E-state index in [0.29, 0.717) is 11.3 Å². The molecule has 14 heavy (non-hydrogen) atoms. The minimum absolute atomic E-state index is 0.500. The molecule has 0 aliphatic rings. The van der Waals surface area contributed by atoms with Crippen LogP contribution >= 0.6 is 0 Å². The Morgan fingerprint density at radius 2 is 2.21 bits per heavy atom. The number of hydrogen-bond donors (Lipinski definition) is 2. The van der Waals surface area contributed by atoms with Crippen LogP contribution in [0, 0.1) is 6.92 Å². The fraction of sp³-hybridized carbons (Fsp3) is 0.300. The third-order valence-electron chi connectivity index (χ3n) is 1.99. The van der Waals surface area contributed by atoms with Crippen LogP contribution in [0.3, 0.4) is 0 Å². The highest BCUT2D eigenvalue weighted by Crippen LogP contribution is 2.24. The molecule has 0 bridgehead atoms. The summed E-state index contributed by atoms with van der Waals surface area (Å²) in [7, 11) is 1.49. The van der Waals surface area contributed by atoms with Gasteiger partial charge >= 0.3 is 5.97 Å². The van der Waals surface area contributed by atoms with Gasteiger partial charge in [-0.2, -0.15) is 0 Å². The van der Waals surface area contributed by atoms with E-state index in [1.807, 2.05) is 13.0 Å². The van der Waals surface area contributed by atoms with E-state index >= 15 is 0 Å². The molecular formula is C10H13NO3. The Kier molecular flexibility index (Phi) is 3.09. The van der Waals surface area contributed by atoms with Crippen molar-refractivity contribution in [2.45, 2.75) is 13.0 Å². The molecule has 0 aliphatic carbocycles. The van der Waals surface area contributed by atoms with Crippen LogP contribution < -0.4 is 10.5 Å². The Morgan fingerprint density at radius 1 is 1.57 bits per heavy atom. The molecule has 0 unspecified atom stereocenters. The van der Waals surface area contributed by atoms with Gasteiger partial charge in [0.25, 0.3) is 0 Å². The first-order valence-electron chi connectivity index (χ1n) is 4.19. The van der Waals surface area contributed by atoms with E-state index in [2.05, 4.69) is 0 Å². The monoisotopic (exact) mass is 195 g/mol. The average molecular weight is 195 g/mol. The van der Waals surface area contributed by atoms with Crippen molar-refractivity contribution in [1.29, 1.82) is 0 Å². The van der Waals surface area contributed by atoms with E-state index in [1.54, 1.807) is 12.1 Å². The van der Waals surface area contributed by atoms with Crippen LogP contribution in [0.25, 0.3) is 0 Å². The molecule has 1 aromatic rings. The normalized spacial score (nSPS) is 12.2. The number of aliphatic carboxylic acids is 1. The lowest BCUT2D eigenvalue weighted by Crippen LogP contribution is -2.21. The summed E-state index contributed by atoms with van der Waals surface area (Å²) in [5.74, 6) is -0.556. The zero-order valence-corrected chi connectivity index (χ0v) is 8.15. The lowest BCUT2D eigenvalue weighted by molar-refractivity contribution is -0.138. The second kappa shape index (κ2) is 4.11.